The van der Waals surface area contributed by atoms with E-state index in [2.05, 4.69) is 5.43 Å². The van der Waals surface area contributed by atoms with E-state index >= 15 is 0 Å². The second-order valence-electron chi connectivity index (χ2n) is 6.81. The Morgan fingerprint density at radius 1 is 1.16 bits per heavy atom. The van der Waals surface area contributed by atoms with Crippen LogP contribution in [0.15, 0.2) is 36.4 Å². The van der Waals surface area contributed by atoms with Crippen molar-refractivity contribution in [2.45, 2.75) is 38.0 Å². The topological polar surface area (TPSA) is 41.6 Å². The molecule has 0 aromatic heterocycles. The number of hydrogen-bond donors (Lipinski definition) is 1. The molecule has 0 aliphatic carbocycles. The zero-order chi connectivity index (χ0) is 18.4. The van der Waals surface area contributed by atoms with E-state index in [0.717, 1.165) is 10.4 Å². The Balaban J connectivity index is 2.08. The number of hydrazine groups is 1. The van der Waals surface area contributed by atoms with Crippen LogP contribution in [0.3, 0.4) is 0 Å². The van der Waals surface area contributed by atoms with E-state index in [9.17, 15) is 18.0 Å². The highest BCUT2D eigenvalue weighted by Crippen LogP contribution is 2.43. The maximum Gasteiger partial charge on any atom is 0.409 e. The van der Waals surface area contributed by atoms with E-state index in [0.29, 0.717) is 11.1 Å². The molecule has 7 heteroatoms. The van der Waals surface area contributed by atoms with Gasteiger partial charge in [0.1, 0.15) is 5.75 Å². The Kier molecular flexibility index (Phi) is 4.15. The van der Waals surface area contributed by atoms with Gasteiger partial charge in [-0.25, -0.2) is 0 Å². The van der Waals surface area contributed by atoms with Crippen LogP contribution in [0.1, 0.15) is 31.9 Å². The molecule has 134 valence electrons. The fourth-order valence-corrected chi connectivity index (χ4v) is 3.24. The summed E-state index contributed by atoms with van der Waals surface area (Å²) >= 11 is 0. The standard InChI is InChI=1S/C18H19F3N2O2/c1-17(2)10-15(24)22-23(17)16(18(19,20)21)13-5-4-12-9-14(25-3)7-6-11(12)8-13/h4-9,16H,10H2,1-3H3,(H,22,24). The third-order valence-corrected chi connectivity index (χ3v) is 4.45. The first kappa shape index (κ1) is 17.5. The number of carbonyl (C=O) groups is 1. The molecule has 2 aromatic rings. The van der Waals surface area contributed by atoms with Gasteiger partial charge in [0.25, 0.3) is 0 Å². The zero-order valence-electron chi connectivity index (χ0n) is 14.1. The molecule has 0 bridgehead atoms. The fraction of sp³-hybridized carbons (Fsp3) is 0.389. The van der Waals surface area contributed by atoms with Gasteiger partial charge in [-0.15, -0.1) is 0 Å². The van der Waals surface area contributed by atoms with Gasteiger partial charge < -0.3 is 4.74 Å². The van der Waals surface area contributed by atoms with E-state index < -0.39 is 23.7 Å². The minimum absolute atomic E-state index is 0.0182. The first-order valence-corrected chi connectivity index (χ1v) is 7.85. The molecular formula is C18H19F3N2O2. The number of carbonyl (C=O) groups excluding carboxylic acids is 1. The number of alkyl halides is 3. The molecule has 3 rings (SSSR count). The molecule has 1 atom stereocenters. The van der Waals surface area contributed by atoms with E-state index in [1.54, 1.807) is 38.1 Å². The summed E-state index contributed by atoms with van der Waals surface area (Å²) < 4.78 is 46.6. The lowest BCUT2D eigenvalue weighted by molar-refractivity contribution is -0.203. The maximum atomic E-state index is 13.8. The molecule has 1 heterocycles. The van der Waals surface area contributed by atoms with Crippen molar-refractivity contribution in [3.05, 3.63) is 42.0 Å². The minimum atomic E-state index is -4.53. The molecule has 0 radical (unpaired) electrons. The third-order valence-electron chi connectivity index (χ3n) is 4.45. The smallest absolute Gasteiger partial charge is 0.409 e. The number of nitrogens with zero attached hydrogens (tertiary/aromatic N) is 1. The van der Waals surface area contributed by atoms with Crippen molar-refractivity contribution < 1.29 is 22.7 Å². The van der Waals surface area contributed by atoms with Gasteiger partial charge in [-0.2, -0.15) is 18.2 Å². The second-order valence-corrected chi connectivity index (χ2v) is 6.81. The molecule has 1 aliphatic heterocycles. The normalized spacial score (nSPS) is 19.0. The average Bonchev–Trinajstić information content (AvgIpc) is 2.78. The predicted octanol–water partition coefficient (Wildman–Crippen LogP) is 3.97. The fourth-order valence-electron chi connectivity index (χ4n) is 3.24. The van der Waals surface area contributed by atoms with Gasteiger partial charge in [0.15, 0.2) is 6.04 Å². The highest BCUT2D eigenvalue weighted by Gasteiger charge is 2.52. The first-order chi connectivity index (χ1) is 11.6. The Morgan fingerprint density at radius 2 is 1.80 bits per heavy atom. The highest BCUT2D eigenvalue weighted by atomic mass is 19.4. The summed E-state index contributed by atoms with van der Waals surface area (Å²) in [4.78, 5) is 11.7. The average molecular weight is 352 g/mol. The van der Waals surface area contributed by atoms with Crippen molar-refractivity contribution in [2.24, 2.45) is 0 Å². The SMILES string of the molecule is COc1ccc2cc(C(N3NC(=O)CC3(C)C)C(F)(F)F)ccc2c1. The number of nitrogens with one attached hydrogen (secondary N) is 1. The lowest BCUT2D eigenvalue weighted by atomic mass is 9.95. The molecule has 4 nitrogen and oxygen atoms in total. The second kappa shape index (κ2) is 5.91. The lowest BCUT2D eigenvalue weighted by Gasteiger charge is -2.38. The maximum absolute atomic E-state index is 13.8. The third kappa shape index (κ3) is 3.28. The largest absolute Gasteiger partial charge is 0.497 e. The molecule has 0 spiro atoms. The summed E-state index contributed by atoms with van der Waals surface area (Å²) in [5, 5.41) is 2.48. The molecule has 1 saturated heterocycles. The minimum Gasteiger partial charge on any atom is -0.497 e. The predicted molar refractivity (Wildman–Crippen MR) is 88.0 cm³/mol. The van der Waals surface area contributed by atoms with Crippen LogP contribution in [0.4, 0.5) is 13.2 Å². The number of benzene rings is 2. The van der Waals surface area contributed by atoms with Gasteiger partial charge in [-0.1, -0.05) is 18.2 Å². The molecule has 1 amide bonds. The quantitative estimate of drug-likeness (QED) is 0.909. The van der Waals surface area contributed by atoms with Gasteiger partial charge >= 0.3 is 6.18 Å². The summed E-state index contributed by atoms with van der Waals surface area (Å²) in [5.41, 5.74) is 1.52. The monoisotopic (exact) mass is 352 g/mol. The van der Waals surface area contributed by atoms with Gasteiger partial charge in [0, 0.05) is 12.0 Å². The van der Waals surface area contributed by atoms with Gasteiger partial charge in [0.2, 0.25) is 5.91 Å². The van der Waals surface area contributed by atoms with E-state index in [4.69, 9.17) is 4.74 Å². The Bertz CT molecular complexity index is 818. The van der Waals surface area contributed by atoms with Crippen LogP contribution in [-0.2, 0) is 4.79 Å². The molecule has 25 heavy (non-hydrogen) atoms. The van der Waals surface area contributed by atoms with E-state index in [-0.39, 0.29) is 12.0 Å². The molecule has 1 aliphatic rings. The number of rotatable bonds is 3. The van der Waals surface area contributed by atoms with Crippen molar-refractivity contribution in [3.63, 3.8) is 0 Å². The van der Waals surface area contributed by atoms with Crippen molar-refractivity contribution in [2.75, 3.05) is 7.11 Å². The molecular weight excluding hydrogens is 333 g/mol. The number of amides is 1. The van der Waals surface area contributed by atoms with Gasteiger partial charge in [-0.3, -0.25) is 10.2 Å². The van der Waals surface area contributed by atoms with E-state index in [1.807, 2.05) is 0 Å². The number of fused-ring (bicyclic) bond motifs is 1. The summed E-state index contributed by atoms with van der Waals surface area (Å²) in [7, 11) is 1.54. The number of halogens is 3. The highest BCUT2D eigenvalue weighted by molar-refractivity contribution is 5.84. The van der Waals surface area contributed by atoms with Crippen LogP contribution in [0, 0.1) is 0 Å². The summed E-state index contributed by atoms with van der Waals surface area (Å²) in [6.07, 6.45) is -4.51. The van der Waals surface area contributed by atoms with Crippen molar-refractivity contribution in [3.8, 4) is 5.75 Å². The van der Waals surface area contributed by atoms with Crippen molar-refractivity contribution in [1.82, 2.24) is 10.4 Å². The van der Waals surface area contributed by atoms with Crippen LogP contribution in [0.5, 0.6) is 5.75 Å². The number of methoxy groups -OCH3 is 1. The molecule has 1 unspecified atom stereocenters. The number of hydrogen-bond acceptors (Lipinski definition) is 3. The Labute approximate surface area is 143 Å². The van der Waals surface area contributed by atoms with E-state index in [1.165, 1.54) is 19.2 Å². The number of ether oxygens (including phenoxy) is 1. The van der Waals surface area contributed by atoms with Crippen LogP contribution in [0.25, 0.3) is 10.8 Å². The first-order valence-electron chi connectivity index (χ1n) is 7.85. The van der Waals surface area contributed by atoms with Crippen LogP contribution in [-0.4, -0.2) is 29.7 Å². The molecule has 1 N–H and O–H groups in total. The van der Waals surface area contributed by atoms with Gasteiger partial charge in [0.05, 0.1) is 7.11 Å². The van der Waals surface area contributed by atoms with Crippen molar-refractivity contribution >= 4 is 16.7 Å². The lowest BCUT2D eigenvalue weighted by Crippen LogP contribution is -2.51. The summed E-state index contributed by atoms with van der Waals surface area (Å²) in [6, 6.07) is 7.86. The molecule has 2 aromatic carbocycles. The van der Waals surface area contributed by atoms with Crippen LogP contribution in [0.2, 0.25) is 0 Å². The zero-order valence-corrected chi connectivity index (χ0v) is 14.1. The van der Waals surface area contributed by atoms with Crippen molar-refractivity contribution in [1.29, 1.82) is 0 Å². The molecule has 0 saturated carbocycles. The summed E-state index contributed by atoms with van der Waals surface area (Å²) in [6.45, 7) is 3.24. The van der Waals surface area contributed by atoms with Crippen LogP contribution >= 0.6 is 0 Å². The Hall–Kier alpha value is -2.28. The Morgan fingerprint density at radius 3 is 2.36 bits per heavy atom. The molecule has 1 fully saturated rings. The summed E-state index contributed by atoms with van der Waals surface area (Å²) in [5.74, 6) is 0.227. The van der Waals surface area contributed by atoms with Gasteiger partial charge in [-0.05, 0) is 48.4 Å². The van der Waals surface area contributed by atoms with Crippen LogP contribution < -0.4 is 10.2 Å².